The predicted octanol–water partition coefficient (Wildman–Crippen LogP) is 2.21. The van der Waals surface area contributed by atoms with Gasteiger partial charge >= 0.3 is 5.97 Å². The Morgan fingerprint density at radius 2 is 2.45 bits per heavy atom. The van der Waals surface area contributed by atoms with E-state index in [-0.39, 0.29) is 12.3 Å². The number of aromatic nitrogens is 2. The summed E-state index contributed by atoms with van der Waals surface area (Å²) >= 11 is 2.08. The number of ether oxygens (including phenoxy) is 3. The number of hydrogen-bond acceptors (Lipinski definition) is 5. The highest BCUT2D eigenvalue weighted by molar-refractivity contribution is 14.1. The lowest BCUT2D eigenvalue weighted by molar-refractivity contribution is -0.163. The molecule has 20 heavy (non-hydrogen) atoms. The van der Waals surface area contributed by atoms with Crippen molar-refractivity contribution in [3.63, 3.8) is 0 Å². The lowest BCUT2D eigenvalue weighted by atomic mass is 10.2. The zero-order valence-corrected chi connectivity index (χ0v) is 13.7. The summed E-state index contributed by atoms with van der Waals surface area (Å²) < 4.78 is 18.6. The second-order valence-electron chi connectivity index (χ2n) is 4.48. The summed E-state index contributed by atoms with van der Waals surface area (Å²) in [5.41, 5.74) is 0.362. The third kappa shape index (κ3) is 4.42. The Labute approximate surface area is 131 Å². The van der Waals surface area contributed by atoms with Gasteiger partial charge in [-0.3, -0.25) is 4.68 Å². The van der Waals surface area contributed by atoms with E-state index in [1.807, 2.05) is 6.20 Å². The Morgan fingerprint density at radius 1 is 1.60 bits per heavy atom. The van der Waals surface area contributed by atoms with Crippen LogP contribution in [0, 0.1) is 3.57 Å². The summed E-state index contributed by atoms with van der Waals surface area (Å²) in [4.78, 5) is 11.6. The van der Waals surface area contributed by atoms with Crippen molar-refractivity contribution in [2.24, 2.45) is 0 Å². The molecular weight excluding hydrogens is 375 g/mol. The van der Waals surface area contributed by atoms with Crippen molar-refractivity contribution < 1.29 is 19.0 Å². The molecule has 1 aliphatic rings. The Hall–Kier alpha value is -0.670. The zero-order valence-electron chi connectivity index (χ0n) is 11.5. The molecule has 1 fully saturated rings. The Bertz CT molecular complexity index is 444. The lowest BCUT2D eigenvalue weighted by Gasteiger charge is -2.22. The minimum atomic E-state index is -0.382. The number of halogens is 1. The van der Waals surface area contributed by atoms with Crippen molar-refractivity contribution in [2.75, 3.05) is 19.8 Å². The van der Waals surface area contributed by atoms with Crippen molar-refractivity contribution in [3.8, 4) is 0 Å². The highest BCUT2D eigenvalue weighted by Gasteiger charge is 2.17. The molecule has 0 bridgehead atoms. The van der Waals surface area contributed by atoms with Crippen LogP contribution in [0.4, 0.5) is 0 Å². The van der Waals surface area contributed by atoms with Gasteiger partial charge in [0.05, 0.1) is 23.3 Å². The van der Waals surface area contributed by atoms with Crippen LogP contribution in [-0.4, -0.2) is 41.9 Å². The molecule has 1 atom stereocenters. The Morgan fingerprint density at radius 3 is 3.15 bits per heavy atom. The summed E-state index contributed by atoms with van der Waals surface area (Å²) in [6.45, 7) is 4.01. The van der Waals surface area contributed by atoms with Crippen molar-refractivity contribution in [1.29, 1.82) is 0 Å². The molecule has 6 nitrogen and oxygen atoms in total. The average molecular weight is 394 g/mol. The fourth-order valence-corrected chi connectivity index (χ4v) is 2.62. The molecule has 0 radical (unpaired) electrons. The first kappa shape index (κ1) is 15.7. The molecule has 2 heterocycles. The average Bonchev–Trinajstić information content (AvgIpc) is 2.81. The van der Waals surface area contributed by atoms with Gasteiger partial charge in [0.1, 0.15) is 0 Å². The maximum absolute atomic E-state index is 11.6. The van der Waals surface area contributed by atoms with Crippen molar-refractivity contribution in [2.45, 2.75) is 39.0 Å². The van der Waals surface area contributed by atoms with Gasteiger partial charge in [0, 0.05) is 12.8 Å². The van der Waals surface area contributed by atoms with Crippen LogP contribution in [0.5, 0.6) is 0 Å². The molecule has 0 aromatic carbocycles. The van der Waals surface area contributed by atoms with Crippen LogP contribution in [0.15, 0.2) is 6.20 Å². The first-order valence-electron chi connectivity index (χ1n) is 6.84. The molecule has 1 aromatic heterocycles. The number of carbonyl (C=O) groups is 1. The fourth-order valence-electron chi connectivity index (χ4n) is 1.97. The normalized spacial score (nSPS) is 19.0. The van der Waals surface area contributed by atoms with Crippen molar-refractivity contribution in [1.82, 2.24) is 9.78 Å². The standard InChI is InChI=1S/C13H19IN2O4/c1-2-18-13(17)12-10(14)9-16(15-12)6-8-20-11-5-3-4-7-19-11/h9,11H,2-8H2,1H3. The molecule has 0 amide bonds. The summed E-state index contributed by atoms with van der Waals surface area (Å²) in [7, 11) is 0. The minimum Gasteiger partial charge on any atom is -0.461 e. The highest BCUT2D eigenvalue weighted by atomic mass is 127. The molecule has 1 saturated heterocycles. The van der Waals surface area contributed by atoms with Crippen LogP contribution < -0.4 is 0 Å². The SMILES string of the molecule is CCOC(=O)c1nn(CCOC2CCCCO2)cc1I. The third-order valence-electron chi connectivity index (χ3n) is 2.95. The lowest BCUT2D eigenvalue weighted by Crippen LogP contribution is -2.24. The molecule has 2 rings (SSSR count). The van der Waals surface area contributed by atoms with E-state index in [1.54, 1.807) is 11.6 Å². The van der Waals surface area contributed by atoms with Gasteiger partial charge in [-0.25, -0.2) is 4.79 Å². The monoisotopic (exact) mass is 394 g/mol. The molecule has 0 spiro atoms. The molecule has 1 unspecified atom stereocenters. The van der Waals surface area contributed by atoms with Gasteiger partial charge in [-0.2, -0.15) is 5.10 Å². The molecular formula is C13H19IN2O4. The van der Waals surface area contributed by atoms with E-state index >= 15 is 0 Å². The summed E-state index contributed by atoms with van der Waals surface area (Å²) in [6.07, 6.45) is 4.93. The first-order chi connectivity index (χ1) is 9.70. The van der Waals surface area contributed by atoms with E-state index in [2.05, 4.69) is 27.7 Å². The molecule has 1 aliphatic heterocycles. The van der Waals surface area contributed by atoms with E-state index in [0.29, 0.717) is 25.5 Å². The highest BCUT2D eigenvalue weighted by Crippen LogP contribution is 2.14. The van der Waals surface area contributed by atoms with E-state index in [0.717, 1.165) is 29.4 Å². The Balaban J connectivity index is 1.81. The molecule has 112 valence electrons. The van der Waals surface area contributed by atoms with Crippen LogP contribution in [-0.2, 0) is 20.8 Å². The fraction of sp³-hybridized carbons (Fsp3) is 0.692. The Kier molecular flexibility index (Phi) is 6.24. The number of rotatable bonds is 6. The second-order valence-corrected chi connectivity index (χ2v) is 5.64. The number of carbonyl (C=O) groups excluding carboxylic acids is 1. The maximum atomic E-state index is 11.6. The van der Waals surface area contributed by atoms with Crippen LogP contribution in [0.25, 0.3) is 0 Å². The summed E-state index contributed by atoms with van der Waals surface area (Å²) in [6, 6.07) is 0. The summed E-state index contributed by atoms with van der Waals surface area (Å²) in [5, 5.41) is 4.22. The van der Waals surface area contributed by atoms with Crippen molar-refractivity contribution >= 4 is 28.6 Å². The summed E-state index contributed by atoms with van der Waals surface area (Å²) in [5.74, 6) is -0.382. The van der Waals surface area contributed by atoms with E-state index in [4.69, 9.17) is 14.2 Å². The maximum Gasteiger partial charge on any atom is 0.359 e. The van der Waals surface area contributed by atoms with Gasteiger partial charge in [-0.05, 0) is 48.8 Å². The van der Waals surface area contributed by atoms with E-state index in [9.17, 15) is 4.79 Å². The quantitative estimate of drug-likeness (QED) is 0.547. The van der Waals surface area contributed by atoms with E-state index in [1.165, 1.54) is 0 Å². The van der Waals surface area contributed by atoms with E-state index < -0.39 is 0 Å². The number of hydrogen-bond donors (Lipinski definition) is 0. The van der Waals surface area contributed by atoms with Crippen LogP contribution in [0.2, 0.25) is 0 Å². The molecule has 0 aliphatic carbocycles. The third-order valence-corrected chi connectivity index (χ3v) is 3.74. The van der Waals surface area contributed by atoms with Gasteiger partial charge in [-0.1, -0.05) is 0 Å². The molecule has 1 aromatic rings. The van der Waals surface area contributed by atoms with Gasteiger partial charge in [0.15, 0.2) is 12.0 Å². The second kappa shape index (κ2) is 7.94. The minimum absolute atomic E-state index is 0.0945. The van der Waals surface area contributed by atoms with Gasteiger partial charge < -0.3 is 14.2 Å². The van der Waals surface area contributed by atoms with Gasteiger partial charge in [0.25, 0.3) is 0 Å². The first-order valence-corrected chi connectivity index (χ1v) is 7.92. The smallest absolute Gasteiger partial charge is 0.359 e. The molecule has 0 saturated carbocycles. The number of esters is 1. The van der Waals surface area contributed by atoms with Crippen LogP contribution >= 0.6 is 22.6 Å². The predicted molar refractivity (Wildman–Crippen MR) is 80.4 cm³/mol. The van der Waals surface area contributed by atoms with Gasteiger partial charge in [0.2, 0.25) is 0 Å². The van der Waals surface area contributed by atoms with Gasteiger partial charge in [-0.15, -0.1) is 0 Å². The number of nitrogens with zero attached hydrogens (tertiary/aromatic N) is 2. The van der Waals surface area contributed by atoms with Crippen molar-refractivity contribution in [3.05, 3.63) is 15.5 Å². The molecule has 7 heteroatoms. The van der Waals surface area contributed by atoms with Crippen LogP contribution in [0.1, 0.15) is 36.7 Å². The molecule has 0 N–H and O–H groups in total. The topological polar surface area (TPSA) is 62.6 Å². The largest absolute Gasteiger partial charge is 0.461 e. The zero-order chi connectivity index (χ0) is 14.4. The van der Waals surface area contributed by atoms with Crippen LogP contribution in [0.3, 0.4) is 0 Å².